The predicted octanol–water partition coefficient (Wildman–Crippen LogP) is 1.23. The number of hydrogen-bond donors (Lipinski definition) is 1. The molecule has 5 heteroatoms. The van der Waals surface area contributed by atoms with Gasteiger partial charge in [0.05, 0.1) is 12.2 Å². The summed E-state index contributed by atoms with van der Waals surface area (Å²) in [5.41, 5.74) is 0.870. The largest absolute Gasteiger partial charge is 0.449 e. The van der Waals surface area contributed by atoms with Gasteiger partial charge < -0.3 is 9.73 Å². The summed E-state index contributed by atoms with van der Waals surface area (Å²) in [6, 6.07) is 9.10. The molecule has 5 nitrogen and oxygen atoms in total. The lowest BCUT2D eigenvalue weighted by Gasteiger charge is -2.00. The summed E-state index contributed by atoms with van der Waals surface area (Å²) in [6.45, 7) is 1.19. The fourth-order valence-corrected chi connectivity index (χ4v) is 1.27. The van der Waals surface area contributed by atoms with Crippen LogP contribution < -0.4 is 5.32 Å². The first-order chi connectivity index (χ1) is 7.88. The molecule has 80 valence electrons. The minimum Gasteiger partial charge on any atom is -0.449 e. The summed E-state index contributed by atoms with van der Waals surface area (Å²) in [5.74, 6) is 1.07. The van der Waals surface area contributed by atoms with Crippen molar-refractivity contribution in [2.75, 3.05) is 0 Å². The molecule has 0 saturated heterocycles. The average Bonchev–Trinajstić information content (AvgIpc) is 2.78. The molecule has 0 spiro atoms. The predicted molar refractivity (Wildman–Crippen MR) is 56.0 cm³/mol. The van der Waals surface area contributed by atoms with E-state index in [2.05, 4.69) is 15.5 Å². The standard InChI is InChI=1S/C11H10N4O/c12-6-10-3-4-11(16-10)8-13-7-9-2-1-5-14-15-9/h1-5,13H,7-8H2. The minimum atomic E-state index is 0.330. The lowest BCUT2D eigenvalue weighted by molar-refractivity contribution is 0.472. The number of rotatable bonds is 4. The van der Waals surface area contributed by atoms with Gasteiger partial charge in [-0.05, 0) is 24.3 Å². The number of nitriles is 1. The zero-order valence-electron chi connectivity index (χ0n) is 8.55. The Balaban J connectivity index is 1.83. The highest BCUT2D eigenvalue weighted by Gasteiger charge is 2.00. The summed E-state index contributed by atoms with van der Waals surface area (Å²) in [7, 11) is 0. The Morgan fingerprint density at radius 3 is 2.94 bits per heavy atom. The molecule has 0 saturated carbocycles. The molecule has 16 heavy (non-hydrogen) atoms. The smallest absolute Gasteiger partial charge is 0.203 e. The van der Waals surface area contributed by atoms with Gasteiger partial charge >= 0.3 is 0 Å². The van der Waals surface area contributed by atoms with Gasteiger partial charge in [0.25, 0.3) is 0 Å². The lowest BCUT2D eigenvalue weighted by Crippen LogP contribution is -2.13. The third kappa shape index (κ3) is 2.65. The molecule has 0 bridgehead atoms. The third-order valence-corrected chi connectivity index (χ3v) is 2.00. The Kier molecular flexibility index (Phi) is 3.26. The molecule has 1 N–H and O–H groups in total. The molecule has 0 fully saturated rings. The topological polar surface area (TPSA) is 74.7 Å². The molecular formula is C11H10N4O. The van der Waals surface area contributed by atoms with Crippen LogP contribution in [0.5, 0.6) is 0 Å². The SMILES string of the molecule is N#Cc1ccc(CNCc2cccnn2)o1. The first-order valence-electron chi connectivity index (χ1n) is 4.84. The maximum atomic E-state index is 8.57. The van der Waals surface area contributed by atoms with Gasteiger partial charge in [0.15, 0.2) is 0 Å². The van der Waals surface area contributed by atoms with Crippen LogP contribution >= 0.6 is 0 Å². The van der Waals surface area contributed by atoms with Gasteiger partial charge in [-0.2, -0.15) is 15.5 Å². The van der Waals surface area contributed by atoms with Crippen LogP contribution in [0.2, 0.25) is 0 Å². The molecule has 0 radical (unpaired) electrons. The van der Waals surface area contributed by atoms with E-state index in [1.807, 2.05) is 18.2 Å². The van der Waals surface area contributed by atoms with Crippen molar-refractivity contribution in [3.8, 4) is 6.07 Å². The van der Waals surface area contributed by atoms with Crippen molar-refractivity contribution in [3.63, 3.8) is 0 Å². The molecule has 0 aliphatic heterocycles. The van der Waals surface area contributed by atoms with Crippen LogP contribution in [-0.2, 0) is 13.1 Å². The van der Waals surface area contributed by atoms with E-state index in [1.54, 1.807) is 18.3 Å². The van der Waals surface area contributed by atoms with E-state index >= 15 is 0 Å². The molecule has 2 aromatic heterocycles. The summed E-state index contributed by atoms with van der Waals surface area (Å²) in [5, 5.41) is 19.4. The number of furan rings is 1. The third-order valence-electron chi connectivity index (χ3n) is 2.00. The van der Waals surface area contributed by atoms with Crippen molar-refractivity contribution >= 4 is 0 Å². The van der Waals surface area contributed by atoms with Gasteiger partial charge in [0.2, 0.25) is 5.76 Å². The van der Waals surface area contributed by atoms with Crippen LogP contribution in [-0.4, -0.2) is 10.2 Å². The number of nitrogens with zero attached hydrogens (tertiary/aromatic N) is 3. The molecule has 2 heterocycles. The van der Waals surface area contributed by atoms with Gasteiger partial charge in [-0.1, -0.05) is 0 Å². The molecule has 0 unspecified atom stereocenters. The van der Waals surface area contributed by atoms with Crippen molar-refractivity contribution in [1.29, 1.82) is 5.26 Å². The van der Waals surface area contributed by atoms with Crippen molar-refractivity contribution in [3.05, 3.63) is 47.7 Å². The van der Waals surface area contributed by atoms with Gasteiger partial charge in [-0.3, -0.25) is 0 Å². The fraction of sp³-hybridized carbons (Fsp3) is 0.182. The molecule has 0 aliphatic rings. The van der Waals surface area contributed by atoms with Gasteiger partial charge in [0.1, 0.15) is 11.8 Å². The molecule has 0 amide bonds. The summed E-state index contributed by atoms with van der Waals surface area (Å²) in [6.07, 6.45) is 1.63. The number of nitrogens with one attached hydrogen (secondary N) is 1. The Morgan fingerprint density at radius 1 is 1.31 bits per heavy atom. The highest BCUT2D eigenvalue weighted by molar-refractivity contribution is 5.18. The second-order valence-corrected chi connectivity index (χ2v) is 3.20. The zero-order chi connectivity index (χ0) is 11.2. The van der Waals surface area contributed by atoms with Crippen molar-refractivity contribution in [1.82, 2.24) is 15.5 Å². The second kappa shape index (κ2) is 5.05. The quantitative estimate of drug-likeness (QED) is 0.828. The van der Waals surface area contributed by atoms with Gasteiger partial charge in [-0.15, -0.1) is 0 Å². The molecule has 2 rings (SSSR count). The normalized spacial score (nSPS) is 9.94. The van der Waals surface area contributed by atoms with E-state index in [0.29, 0.717) is 18.8 Å². The number of hydrogen-bond acceptors (Lipinski definition) is 5. The summed E-state index contributed by atoms with van der Waals surface area (Å²) < 4.78 is 5.21. The van der Waals surface area contributed by atoms with Gasteiger partial charge in [0, 0.05) is 12.7 Å². The Morgan fingerprint density at radius 2 is 2.25 bits per heavy atom. The lowest BCUT2D eigenvalue weighted by atomic mass is 10.3. The van der Waals surface area contributed by atoms with Crippen LogP contribution in [0.1, 0.15) is 17.2 Å². The van der Waals surface area contributed by atoms with E-state index in [0.717, 1.165) is 11.5 Å². The van der Waals surface area contributed by atoms with E-state index in [-0.39, 0.29) is 0 Å². The maximum Gasteiger partial charge on any atom is 0.203 e. The Hall–Kier alpha value is -2.19. The first kappa shape index (κ1) is 10.3. The van der Waals surface area contributed by atoms with Crippen molar-refractivity contribution < 1.29 is 4.42 Å². The molecule has 0 aliphatic carbocycles. The molecular weight excluding hydrogens is 204 g/mol. The molecule has 0 atom stereocenters. The molecule has 0 aromatic carbocycles. The van der Waals surface area contributed by atoms with E-state index in [4.69, 9.17) is 9.68 Å². The zero-order valence-corrected chi connectivity index (χ0v) is 8.55. The van der Waals surface area contributed by atoms with Crippen LogP contribution in [0.15, 0.2) is 34.9 Å². The van der Waals surface area contributed by atoms with Crippen LogP contribution in [0.3, 0.4) is 0 Å². The Labute approximate surface area is 92.7 Å². The second-order valence-electron chi connectivity index (χ2n) is 3.20. The highest BCUT2D eigenvalue weighted by Crippen LogP contribution is 2.05. The van der Waals surface area contributed by atoms with Crippen LogP contribution in [0.4, 0.5) is 0 Å². The van der Waals surface area contributed by atoms with Crippen molar-refractivity contribution in [2.24, 2.45) is 0 Å². The molecule has 2 aromatic rings. The summed E-state index contributed by atoms with van der Waals surface area (Å²) in [4.78, 5) is 0. The van der Waals surface area contributed by atoms with E-state index in [9.17, 15) is 0 Å². The fourth-order valence-electron chi connectivity index (χ4n) is 1.27. The van der Waals surface area contributed by atoms with Crippen LogP contribution in [0, 0.1) is 11.3 Å². The van der Waals surface area contributed by atoms with Crippen LogP contribution in [0.25, 0.3) is 0 Å². The van der Waals surface area contributed by atoms with E-state index < -0.39 is 0 Å². The highest BCUT2D eigenvalue weighted by atomic mass is 16.3. The summed E-state index contributed by atoms with van der Waals surface area (Å²) >= 11 is 0. The first-order valence-corrected chi connectivity index (χ1v) is 4.84. The average molecular weight is 214 g/mol. The van der Waals surface area contributed by atoms with Gasteiger partial charge in [-0.25, -0.2) is 0 Å². The Bertz CT molecular complexity index is 486. The van der Waals surface area contributed by atoms with Crippen molar-refractivity contribution in [2.45, 2.75) is 13.1 Å². The monoisotopic (exact) mass is 214 g/mol. The van der Waals surface area contributed by atoms with E-state index in [1.165, 1.54) is 0 Å². The minimum absolute atomic E-state index is 0.330. The number of aromatic nitrogens is 2. The maximum absolute atomic E-state index is 8.57.